The Morgan fingerprint density at radius 3 is 3.12 bits per heavy atom. The minimum absolute atomic E-state index is 0.525. The van der Waals surface area contributed by atoms with E-state index in [0.717, 1.165) is 22.1 Å². The average molecular weight is 309 g/mol. The van der Waals surface area contributed by atoms with E-state index in [1.165, 1.54) is 4.88 Å². The number of halogens is 1. The largest absolute Gasteiger partial charge is 0.369 e. The van der Waals surface area contributed by atoms with E-state index in [4.69, 9.17) is 5.73 Å². The first-order valence-electron chi connectivity index (χ1n) is 5.02. The van der Waals surface area contributed by atoms with Crippen LogP contribution in [0.4, 0.5) is 5.95 Å². The lowest BCUT2D eigenvalue weighted by Gasteiger charge is -2.03. The van der Waals surface area contributed by atoms with Gasteiger partial charge in [-0.2, -0.15) is 0 Å². The van der Waals surface area contributed by atoms with Crippen molar-refractivity contribution in [2.75, 3.05) is 5.73 Å². The Morgan fingerprint density at radius 1 is 1.47 bits per heavy atom. The summed E-state index contributed by atoms with van der Waals surface area (Å²) in [6.45, 7) is 0.739. The van der Waals surface area contributed by atoms with Crippen molar-refractivity contribution >= 4 is 44.2 Å². The summed E-state index contributed by atoms with van der Waals surface area (Å²) in [7, 11) is 0. The lowest BCUT2D eigenvalue weighted by Crippen LogP contribution is -2.03. The van der Waals surface area contributed by atoms with Crippen LogP contribution in [0.25, 0.3) is 11.0 Å². The topological polar surface area (TPSA) is 56.7 Å². The van der Waals surface area contributed by atoms with E-state index in [1.807, 2.05) is 10.6 Å². The zero-order chi connectivity index (χ0) is 11.8. The summed E-state index contributed by atoms with van der Waals surface area (Å²) in [5.74, 6) is 0.525. The van der Waals surface area contributed by atoms with Crippen molar-refractivity contribution in [3.63, 3.8) is 0 Å². The number of nitrogen functional groups attached to an aromatic ring is 1. The Morgan fingerprint density at radius 2 is 2.35 bits per heavy atom. The first-order chi connectivity index (χ1) is 8.24. The van der Waals surface area contributed by atoms with E-state index < -0.39 is 0 Å². The van der Waals surface area contributed by atoms with Crippen molar-refractivity contribution in [1.29, 1.82) is 0 Å². The number of nitrogens with two attached hydrogens (primary N) is 1. The Kier molecular flexibility index (Phi) is 2.60. The van der Waals surface area contributed by atoms with Gasteiger partial charge in [0.2, 0.25) is 5.95 Å². The molecule has 0 atom stereocenters. The number of aromatic nitrogens is 3. The van der Waals surface area contributed by atoms with Gasteiger partial charge >= 0.3 is 0 Å². The van der Waals surface area contributed by atoms with Crippen LogP contribution < -0.4 is 5.73 Å². The third-order valence-electron chi connectivity index (χ3n) is 2.52. The molecule has 3 aromatic rings. The molecule has 3 heterocycles. The van der Waals surface area contributed by atoms with Gasteiger partial charge in [0.1, 0.15) is 5.52 Å². The van der Waals surface area contributed by atoms with E-state index in [-0.39, 0.29) is 0 Å². The minimum Gasteiger partial charge on any atom is -0.369 e. The van der Waals surface area contributed by atoms with Crippen LogP contribution in [-0.2, 0) is 6.54 Å². The average Bonchev–Trinajstić information content (AvgIpc) is 2.85. The third kappa shape index (κ3) is 1.94. The van der Waals surface area contributed by atoms with Crippen LogP contribution in [0.1, 0.15) is 4.88 Å². The van der Waals surface area contributed by atoms with Crippen molar-refractivity contribution in [2.24, 2.45) is 0 Å². The van der Waals surface area contributed by atoms with Gasteiger partial charge in [0.25, 0.3) is 0 Å². The van der Waals surface area contributed by atoms with Crippen molar-refractivity contribution in [3.05, 3.63) is 39.3 Å². The minimum atomic E-state index is 0.525. The number of fused-ring (bicyclic) bond motifs is 1. The molecule has 0 radical (unpaired) electrons. The fraction of sp³-hybridized carbons (Fsp3) is 0.0909. The van der Waals surface area contributed by atoms with E-state index >= 15 is 0 Å². The van der Waals surface area contributed by atoms with Crippen molar-refractivity contribution in [2.45, 2.75) is 6.54 Å². The van der Waals surface area contributed by atoms with Gasteiger partial charge in [-0.15, -0.1) is 11.3 Å². The maximum atomic E-state index is 5.92. The number of hydrogen-bond acceptors (Lipinski definition) is 4. The third-order valence-corrected chi connectivity index (χ3v) is 4.20. The predicted octanol–water partition coefficient (Wildman–Crippen LogP) is 2.89. The van der Waals surface area contributed by atoms with Crippen LogP contribution in [0.2, 0.25) is 0 Å². The number of anilines is 1. The number of pyridine rings is 1. The van der Waals surface area contributed by atoms with Crippen LogP contribution >= 0.6 is 27.3 Å². The molecule has 4 nitrogen and oxygen atoms in total. The van der Waals surface area contributed by atoms with Crippen LogP contribution in [0.15, 0.2) is 34.4 Å². The number of thiophene rings is 1. The molecule has 3 aromatic heterocycles. The molecule has 0 aliphatic heterocycles. The molecular weight excluding hydrogens is 300 g/mol. The van der Waals surface area contributed by atoms with Gasteiger partial charge in [0.15, 0.2) is 0 Å². The smallest absolute Gasteiger partial charge is 0.201 e. The second kappa shape index (κ2) is 4.12. The molecular formula is C11H9BrN4S. The fourth-order valence-electron chi connectivity index (χ4n) is 1.76. The molecule has 3 rings (SSSR count). The lowest BCUT2D eigenvalue weighted by atomic mass is 10.4. The highest BCUT2D eigenvalue weighted by Crippen LogP contribution is 2.24. The number of imidazole rings is 1. The lowest BCUT2D eigenvalue weighted by molar-refractivity contribution is 0.852. The molecule has 0 saturated carbocycles. The molecule has 0 saturated heterocycles. The molecule has 0 bridgehead atoms. The summed E-state index contributed by atoms with van der Waals surface area (Å²) in [6.07, 6.45) is 3.48. The maximum absolute atomic E-state index is 5.92. The van der Waals surface area contributed by atoms with Crippen molar-refractivity contribution < 1.29 is 0 Å². The molecule has 0 aromatic carbocycles. The van der Waals surface area contributed by atoms with Crippen molar-refractivity contribution in [1.82, 2.24) is 14.5 Å². The monoisotopic (exact) mass is 308 g/mol. The van der Waals surface area contributed by atoms with Crippen molar-refractivity contribution in [3.8, 4) is 0 Å². The summed E-state index contributed by atoms with van der Waals surface area (Å²) in [6, 6.07) is 4.03. The fourth-order valence-corrected chi connectivity index (χ4v) is 3.20. The molecule has 0 aliphatic carbocycles. The van der Waals surface area contributed by atoms with E-state index in [9.17, 15) is 0 Å². The van der Waals surface area contributed by atoms with Crippen LogP contribution in [0, 0.1) is 0 Å². The summed E-state index contributed by atoms with van der Waals surface area (Å²) in [5, 5.41) is 2.06. The molecule has 0 amide bonds. The zero-order valence-electron chi connectivity index (χ0n) is 8.80. The first-order valence-corrected chi connectivity index (χ1v) is 6.70. The van der Waals surface area contributed by atoms with Gasteiger partial charge in [0, 0.05) is 20.9 Å². The van der Waals surface area contributed by atoms with E-state index in [0.29, 0.717) is 5.95 Å². The van der Waals surface area contributed by atoms with Crippen LogP contribution in [-0.4, -0.2) is 14.5 Å². The summed E-state index contributed by atoms with van der Waals surface area (Å²) >= 11 is 5.15. The molecule has 2 N–H and O–H groups in total. The molecule has 6 heteroatoms. The van der Waals surface area contributed by atoms with Gasteiger partial charge in [-0.3, -0.25) is 4.98 Å². The standard InChI is InChI=1S/C11H9BrN4S/c12-7-3-8(17-6-7)5-16-10-1-2-14-4-9(10)15-11(16)13/h1-4,6H,5H2,(H2,13,15). The Hall–Kier alpha value is -1.40. The van der Waals surface area contributed by atoms with E-state index in [2.05, 4.69) is 37.3 Å². The van der Waals surface area contributed by atoms with Crippen LogP contribution in [0.3, 0.4) is 0 Å². The summed E-state index contributed by atoms with van der Waals surface area (Å²) in [5.41, 5.74) is 7.77. The Labute approximate surface area is 110 Å². The molecule has 0 spiro atoms. The summed E-state index contributed by atoms with van der Waals surface area (Å²) < 4.78 is 3.09. The van der Waals surface area contributed by atoms with Gasteiger partial charge in [-0.1, -0.05) is 0 Å². The van der Waals surface area contributed by atoms with Gasteiger partial charge < -0.3 is 10.3 Å². The second-order valence-corrected chi connectivity index (χ2v) is 5.56. The number of rotatable bonds is 2. The molecule has 0 fully saturated rings. The highest BCUT2D eigenvalue weighted by atomic mass is 79.9. The van der Waals surface area contributed by atoms with Gasteiger partial charge in [0.05, 0.1) is 18.3 Å². The van der Waals surface area contributed by atoms with Gasteiger partial charge in [-0.05, 0) is 28.1 Å². The Balaban J connectivity index is 2.08. The predicted molar refractivity (Wildman–Crippen MR) is 73.1 cm³/mol. The van der Waals surface area contributed by atoms with Gasteiger partial charge in [-0.25, -0.2) is 4.98 Å². The number of nitrogens with zero attached hydrogens (tertiary/aromatic N) is 3. The highest BCUT2D eigenvalue weighted by molar-refractivity contribution is 9.10. The SMILES string of the molecule is Nc1nc2cnccc2n1Cc1cc(Br)cs1. The van der Waals surface area contributed by atoms with Crippen LogP contribution in [0.5, 0.6) is 0 Å². The highest BCUT2D eigenvalue weighted by Gasteiger charge is 2.09. The molecule has 17 heavy (non-hydrogen) atoms. The number of hydrogen-bond donors (Lipinski definition) is 1. The first kappa shape index (κ1) is 10.7. The normalized spacial score (nSPS) is 11.1. The zero-order valence-corrected chi connectivity index (χ0v) is 11.2. The maximum Gasteiger partial charge on any atom is 0.201 e. The Bertz CT molecular complexity index is 673. The van der Waals surface area contributed by atoms with E-state index in [1.54, 1.807) is 23.7 Å². The summed E-state index contributed by atoms with van der Waals surface area (Å²) in [4.78, 5) is 9.57. The molecule has 86 valence electrons. The molecule has 0 unspecified atom stereocenters. The quantitative estimate of drug-likeness (QED) is 0.792. The molecule has 0 aliphatic rings. The second-order valence-electron chi connectivity index (χ2n) is 3.65.